The lowest BCUT2D eigenvalue weighted by Gasteiger charge is -2.35. The van der Waals surface area contributed by atoms with Crippen LogP contribution in [-0.2, 0) is 0 Å². The summed E-state index contributed by atoms with van der Waals surface area (Å²) >= 11 is 0. The van der Waals surface area contributed by atoms with Crippen molar-refractivity contribution in [3.8, 4) is 5.69 Å². The molecule has 5 aromatic rings. The van der Waals surface area contributed by atoms with Crippen LogP contribution >= 0.6 is 0 Å². The molecule has 35 heavy (non-hydrogen) atoms. The molecule has 4 heterocycles. The number of nitrogens with zero attached hydrogens (tertiary/aromatic N) is 7. The van der Waals surface area contributed by atoms with E-state index in [1.807, 2.05) is 4.90 Å². The first-order chi connectivity index (χ1) is 17.1. The molecule has 11 heteroatoms. The molecule has 1 fully saturated rings. The summed E-state index contributed by atoms with van der Waals surface area (Å²) in [7, 11) is 0. The van der Waals surface area contributed by atoms with Crippen molar-refractivity contribution in [1.29, 1.82) is 0 Å². The van der Waals surface area contributed by atoms with Crippen molar-refractivity contribution in [3.05, 3.63) is 82.7 Å². The lowest BCUT2D eigenvalue weighted by molar-refractivity contribution is 0.0715. The minimum absolute atomic E-state index is 0.0182. The molecule has 174 valence electrons. The van der Waals surface area contributed by atoms with Gasteiger partial charge in [-0.25, -0.2) is 14.4 Å². The van der Waals surface area contributed by atoms with Crippen LogP contribution in [0.1, 0.15) is 10.6 Å². The van der Waals surface area contributed by atoms with Gasteiger partial charge in [-0.3, -0.25) is 9.59 Å². The number of anilines is 1. The van der Waals surface area contributed by atoms with Crippen LogP contribution in [-0.4, -0.2) is 61.9 Å². The van der Waals surface area contributed by atoms with E-state index < -0.39 is 0 Å². The molecule has 1 saturated heterocycles. The van der Waals surface area contributed by atoms with Crippen LogP contribution in [0.2, 0.25) is 0 Å². The molecule has 3 aromatic heterocycles. The lowest BCUT2D eigenvalue weighted by atomic mass is 10.2. The number of rotatable bonds is 3. The van der Waals surface area contributed by atoms with E-state index in [0.29, 0.717) is 59.8 Å². The van der Waals surface area contributed by atoms with Crippen LogP contribution in [0.5, 0.6) is 0 Å². The van der Waals surface area contributed by atoms with Crippen LogP contribution < -0.4 is 10.3 Å². The van der Waals surface area contributed by atoms with E-state index in [1.54, 1.807) is 41.3 Å². The largest absolute Gasteiger partial charge is 0.451 e. The van der Waals surface area contributed by atoms with E-state index in [0.717, 1.165) is 0 Å². The van der Waals surface area contributed by atoms with Crippen molar-refractivity contribution in [2.45, 2.75) is 0 Å². The standard InChI is InChI=1S/C24H18FN7O3/c25-15-4-3-5-16(12-15)32-23-21(28-29-32)22(26-14-27-23)30-8-10-31(11-9-30)24(34)20-13-18(33)17-6-1-2-7-19(17)35-20/h1-7,12-14H,8-11H2. The highest BCUT2D eigenvalue weighted by Gasteiger charge is 2.27. The maximum absolute atomic E-state index is 13.7. The van der Waals surface area contributed by atoms with E-state index >= 15 is 0 Å². The number of para-hydroxylation sites is 1. The molecule has 10 nitrogen and oxygen atoms in total. The predicted molar refractivity (Wildman–Crippen MR) is 125 cm³/mol. The van der Waals surface area contributed by atoms with Gasteiger partial charge in [-0.1, -0.05) is 23.4 Å². The van der Waals surface area contributed by atoms with Crippen LogP contribution in [0.3, 0.4) is 0 Å². The lowest BCUT2D eigenvalue weighted by Crippen LogP contribution is -2.49. The molecule has 1 aliphatic rings. The zero-order valence-electron chi connectivity index (χ0n) is 18.3. The Morgan fingerprint density at radius 3 is 2.63 bits per heavy atom. The minimum atomic E-state index is -0.386. The maximum Gasteiger partial charge on any atom is 0.289 e. The fourth-order valence-electron chi connectivity index (χ4n) is 4.24. The number of benzene rings is 2. The third-order valence-corrected chi connectivity index (χ3v) is 5.98. The third-order valence-electron chi connectivity index (χ3n) is 5.98. The van der Waals surface area contributed by atoms with Crippen LogP contribution in [0, 0.1) is 5.82 Å². The number of piperazine rings is 1. The number of carbonyl (C=O) groups excluding carboxylic acids is 1. The second kappa shape index (κ2) is 8.28. The summed E-state index contributed by atoms with van der Waals surface area (Å²) in [4.78, 5) is 37.7. The zero-order chi connectivity index (χ0) is 23.9. The van der Waals surface area contributed by atoms with E-state index in [2.05, 4.69) is 20.3 Å². The van der Waals surface area contributed by atoms with Gasteiger partial charge in [-0.05, 0) is 30.3 Å². The Morgan fingerprint density at radius 1 is 0.971 bits per heavy atom. The van der Waals surface area contributed by atoms with Gasteiger partial charge in [0.25, 0.3) is 5.91 Å². The molecule has 1 aliphatic heterocycles. The summed E-state index contributed by atoms with van der Waals surface area (Å²) in [6, 6.07) is 14.1. The Labute approximate surface area is 197 Å². The molecule has 0 unspecified atom stereocenters. The van der Waals surface area contributed by atoms with Gasteiger partial charge < -0.3 is 14.2 Å². The Morgan fingerprint density at radius 2 is 1.80 bits per heavy atom. The van der Waals surface area contributed by atoms with Crippen molar-refractivity contribution in [3.63, 3.8) is 0 Å². The number of hydrogen-bond donors (Lipinski definition) is 0. The van der Waals surface area contributed by atoms with E-state index in [9.17, 15) is 14.0 Å². The van der Waals surface area contributed by atoms with Gasteiger partial charge in [0.15, 0.2) is 28.2 Å². The third kappa shape index (κ3) is 3.66. The number of aromatic nitrogens is 5. The van der Waals surface area contributed by atoms with E-state index in [1.165, 1.54) is 29.2 Å². The van der Waals surface area contributed by atoms with Crippen molar-refractivity contribution in [2.24, 2.45) is 0 Å². The first-order valence-electron chi connectivity index (χ1n) is 11.0. The molecular formula is C24H18FN7O3. The molecule has 2 aromatic carbocycles. The minimum Gasteiger partial charge on any atom is -0.451 e. The number of amides is 1. The van der Waals surface area contributed by atoms with Crippen molar-refractivity contribution >= 4 is 33.9 Å². The molecule has 0 spiro atoms. The Kier molecular flexibility index (Phi) is 4.94. The molecular weight excluding hydrogens is 453 g/mol. The highest BCUT2D eigenvalue weighted by molar-refractivity contribution is 5.93. The van der Waals surface area contributed by atoms with Gasteiger partial charge in [-0.15, -0.1) is 5.10 Å². The van der Waals surface area contributed by atoms with E-state index in [4.69, 9.17) is 4.42 Å². The molecule has 0 aliphatic carbocycles. The van der Waals surface area contributed by atoms with Gasteiger partial charge >= 0.3 is 0 Å². The summed E-state index contributed by atoms with van der Waals surface area (Å²) in [6.07, 6.45) is 1.41. The molecule has 6 rings (SSSR count). The Hall–Kier alpha value is -4.67. The smallest absolute Gasteiger partial charge is 0.289 e. The maximum atomic E-state index is 13.7. The van der Waals surface area contributed by atoms with Crippen molar-refractivity contribution in [1.82, 2.24) is 29.9 Å². The summed E-state index contributed by atoms with van der Waals surface area (Å²) in [5.74, 6) is -0.118. The first kappa shape index (κ1) is 20.9. The average Bonchev–Trinajstić information content (AvgIpc) is 3.33. The number of hydrogen-bond acceptors (Lipinski definition) is 8. The van der Waals surface area contributed by atoms with Crippen LogP contribution in [0.25, 0.3) is 27.8 Å². The molecule has 1 amide bonds. The number of fused-ring (bicyclic) bond motifs is 2. The van der Waals surface area contributed by atoms with Gasteiger partial charge in [-0.2, -0.15) is 4.68 Å². The summed E-state index contributed by atoms with van der Waals surface area (Å²) < 4.78 is 20.9. The first-order valence-corrected chi connectivity index (χ1v) is 11.0. The van der Waals surface area contributed by atoms with Crippen molar-refractivity contribution in [2.75, 3.05) is 31.1 Å². The molecule has 0 bridgehead atoms. The monoisotopic (exact) mass is 471 g/mol. The molecule has 0 radical (unpaired) electrons. The normalized spacial score (nSPS) is 14.1. The fourth-order valence-corrected chi connectivity index (χ4v) is 4.24. The molecule has 0 atom stereocenters. The van der Waals surface area contributed by atoms with Crippen molar-refractivity contribution < 1.29 is 13.6 Å². The highest BCUT2D eigenvalue weighted by atomic mass is 19.1. The second-order valence-electron chi connectivity index (χ2n) is 8.10. The predicted octanol–water partition coefficient (Wildman–Crippen LogP) is 2.42. The van der Waals surface area contributed by atoms with Gasteiger partial charge in [0.05, 0.1) is 11.1 Å². The topological polar surface area (TPSA) is 110 Å². The SMILES string of the molecule is O=C(c1cc(=O)c2ccccc2o1)N1CCN(c2ncnc3c2nnn3-c2cccc(F)c2)CC1. The van der Waals surface area contributed by atoms with Gasteiger partial charge in [0.2, 0.25) is 0 Å². The van der Waals surface area contributed by atoms with Gasteiger partial charge in [0.1, 0.15) is 17.7 Å². The van der Waals surface area contributed by atoms with Gasteiger partial charge in [0, 0.05) is 32.2 Å². The number of halogens is 1. The summed E-state index contributed by atoms with van der Waals surface area (Å²) in [5.41, 5.74) is 1.57. The Balaban J connectivity index is 1.23. The zero-order valence-corrected chi connectivity index (χ0v) is 18.3. The number of carbonyl (C=O) groups is 1. The quantitative estimate of drug-likeness (QED) is 0.395. The summed E-state index contributed by atoms with van der Waals surface area (Å²) in [6.45, 7) is 1.78. The van der Waals surface area contributed by atoms with Crippen LogP contribution in [0.15, 0.2) is 70.1 Å². The second-order valence-corrected chi connectivity index (χ2v) is 8.10. The van der Waals surface area contributed by atoms with Crippen LogP contribution in [0.4, 0.5) is 10.2 Å². The average molecular weight is 471 g/mol. The Bertz CT molecular complexity index is 1640. The molecule has 0 saturated carbocycles. The fraction of sp³-hybridized carbons (Fsp3) is 0.167. The van der Waals surface area contributed by atoms with E-state index in [-0.39, 0.29) is 22.9 Å². The molecule has 0 N–H and O–H groups in total. The highest BCUT2D eigenvalue weighted by Crippen LogP contribution is 2.24. The summed E-state index contributed by atoms with van der Waals surface area (Å²) in [5, 5.41) is 8.81.